The molecule has 0 saturated heterocycles. The van der Waals surface area contributed by atoms with Gasteiger partial charge in [-0.2, -0.15) is 0 Å². The highest BCUT2D eigenvalue weighted by Gasteiger charge is 2.24. The summed E-state index contributed by atoms with van der Waals surface area (Å²) >= 11 is 1.83. The predicted octanol–water partition coefficient (Wildman–Crippen LogP) is 3.01. The van der Waals surface area contributed by atoms with Crippen LogP contribution >= 0.6 is 11.3 Å². The van der Waals surface area contributed by atoms with Crippen molar-refractivity contribution in [3.8, 4) is 0 Å². The average Bonchev–Trinajstić information content (AvgIpc) is 2.85. The molecular weight excluding hydrogens is 268 g/mol. The lowest BCUT2D eigenvalue weighted by Crippen LogP contribution is -2.44. The minimum atomic E-state index is 0.198. The number of rotatable bonds is 6. The van der Waals surface area contributed by atoms with Crippen molar-refractivity contribution < 1.29 is 4.79 Å². The van der Waals surface area contributed by atoms with Crippen LogP contribution in [0.4, 0.5) is 0 Å². The number of nitrogens with one attached hydrogen (secondary N) is 1. The van der Waals surface area contributed by atoms with Crippen LogP contribution in [0.3, 0.4) is 0 Å². The van der Waals surface area contributed by atoms with Gasteiger partial charge in [-0.15, -0.1) is 11.3 Å². The van der Waals surface area contributed by atoms with E-state index in [2.05, 4.69) is 24.4 Å². The number of thiophene rings is 1. The minimum Gasteiger partial charge on any atom is -0.353 e. The van der Waals surface area contributed by atoms with Gasteiger partial charge in [-0.05, 0) is 57.2 Å². The monoisotopic (exact) mass is 294 g/mol. The van der Waals surface area contributed by atoms with Gasteiger partial charge in [-0.25, -0.2) is 0 Å². The van der Waals surface area contributed by atoms with E-state index < -0.39 is 0 Å². The summed E-state index contributed by atoms with van der Waals surface area (Å²) in [7, 11) is 0. The maximum atomic E-state index is 12.0. The number of carbonyl (C=O) groups is 1. The molecule has 1 aromatic heterocycles. The van der Waals surface area contributed by atoms with E-state index in [-0.39, 0.29) is 5.91 Å². The Balaban J connectivity index is 1.69. The van der Waals surface area contributed by atoms with Gasteiger partial charge in [0.1, 0.15) is 0 Å². The summed E-state index contributed by atoms with van der Waals surface area (Å²) < 4.78 is 0. The molecule has 20 heavy (non-hydrogen) atoms. The van der Waals surface area contributed by atoms with Crippen LogP contribution in [-0.2, 0) is 11.2 Å². The number of aryl methyl sites for hydroxylation is 2. The topological polar surface area (TPSA) is 55.1 Å². The lowest BCUT2D eigenvalue weighted by Gasteiger charge is -2.31. The van der Waals surface area contributed by atoms with Crippen LogP contribution in [-0.4, -0.2) is 18.5 Å². The molecule has 0 spiro atoms. The van der Waals surface area contributed by atoms with Gasteiger partial charge in [0, 0.05) is 22.2 Å². The number of hydrogen-bond donors (Lipinski definition) is 2. The molecular formula is C16H26N2OS. The van der Waals surface area contributed by atoms with Crippen LogP contribution in [0, 0.1) is 12.8 Å². The van der Waals surface area contributed by atoms with Crippen molar-refractivity contribution in [1.29, 1.82) is 0 Å². The van der Waals surface area contributed by atoms with Crippen molar-refractivity contribution in [2.24, 2.45) is 11.7 Å². The first-order chi connectivity index (χ1) is 9.69. The Morgan fingerprint density at radius 2 is 2.20 bits per heavy atom. The number of hydrogen-bond acceptors (Lipinski definition) is 3. The molecule has 3 N–H and O–H groups in total. The zero-order valence-electron chi connectivity index (χ0n) is 12.4. The molecule has 1 aliphatic rings. The molecule has 0 bridgehead atoms. The third kappa shape index (κ3) is 4.60. The first-order valence-electron chi connectivity index (χ1n) is 7.74. The van der Waals surface area contributed by atoms with Crippen molar-refractivity contribution in [3.05, 3.63) is 21.9 Å². The highest BCUT2D eigenvalue weighted by Crippen LogP contribution is 2.23. The Hall–Kier alpha value is -0.870. The van der Waals surface area contributed by atoms with Gasteiger partial charge in [-0.3, -0.25) is 4.79 Å². The van der Waals surface area contributed by atoms with Crippen molar-refractivity contribution in [2.45, 2.75) is 57.9 Å². The molecule has 112 valence electrons. The van der Waals surface area contributed by atoms with E-state index in [1.807, 2.05) is 11.3 Å². The highest BCUT2D eigenvalue weighted by molar-refractivity contribution is 7.11. The third-order valence-electron chi connectivity index (χ3n) is 4.18. The van der Waals surface area contributed by atoms with E-state index in [0.717, 1.165) is 25.7 Å². The van der Waals surface area contributed by atoms with Crippen LogP contribution in [0.25, 0.3) is 0 Å². The zero-order valence-corrected chi connectivity index (χ0v) is 13.2. The van der Waals surface area contributed by atoms with E-state index in [1.54, 1.807) is 0 Å². The molecule has 2 unspecified atom stereocenters. The van der Waals surface area contributed by atoms with E-state index >= 15 is 0 Å². The lowest BCUT2D eigenvalue weighted by molar-refractivity contribution is -0.122. The van der Waals surface area contributed by atoms with Crippen molar-refractivity contribution in [3.63, 3.8) is 0 Å². The van der Waals surface area contributed by atoms with E-state index in [0.29, 0.717) is 24.9 Å². The summed E-state index contributed by atoms with van der Waals surface area (Å²) in [5.41, 5.74) is 5.80. The van der Waals surface area contributed by atoms with Crippen LogP contribution < -0.4 is 11.1 Å². The molecule has 3 nitrogen and oxygen atoms in total. The fraction of sp³-hybridized carbons (Fsp3) is 0.688. The average molecular weight is 294 g/mol. The first-order valence-corrected chi connectivity index (χ1v) is 8.55. The number of amides is 1. The number of carbonyl (C=O) groups excluding carboxylic acids is 1. The molecule has 1 fully saturated rings. The van der Waals surface area contributed by atoms with E-state index in [4.69, 9.17) is 5.73 Å². The largest absolute Gasteiger partial charge is 0.353 e. The summed E-state index contributed by atoms with van der Waals surface area (Å²) in [6, 6.07) is 4.63. The Morgan fingerprint density at radius 3 is 2.90 bits per heavy atom. The second-order valence-corrected chi connectivity index (χ2v) is 7.19. The Labute approximate surface area is 125 Å². The highest BCUT2D eigenvalue weighted by atomic mass is 32.1. The van der Waals surface area contributed by atoms with Gasteiger partial charge in [0.05, 0.1) is 0 Å². The Bertz CT molecular complexity index is 430. The molecule has 1 amide bonds. The van der Waals surface area contributed by atoms with Crippen molar-refractivity contribution in [2.75, 3.05) is 6.54 Å². The van der Waals surface area contributed by atoms with Crippen LogP contribution in [0.5, 0.6) is 0 Å². The molecule has 2 rings (SSSR count). The summed E-state index contributed by atoms with van der Waals surface area (Å²) in [5.74, 6) is 0.677. The standard InChI is InChI=1S/C16H26N2OS/c1-12-9-10-14(20-12)6-4-8-16(19)18-15-7-3-2-5-13(15)11-17/h9-10,13,15H,2-8,11,17H2,1H3,(H,18,19). The fourth-order valence-corrected chi connectivity index (χ4v) is 3.93. The molecule has 1 aromatic rings. The Kier molecular flexibility index (Phi) is 6.05. The van der Waals surface area contributed by atoms with E-state index in [9.17, 15) is 4.79 Å². The molecule has 2 atom stereocenters. The maximum Gasteiger partial charge on any atom is 0.220 e. The molecule has 1 aliphatic carbocycles. The van der Waals surface area contributed by atoms with E-state index in [1.165, 1.54) is 22.6 Å². The lowest BCUT2D eigenvalue weighted by atomic mass is 9.84. The van der Waals surface area contributed by atoms with Gasteiger partial charge in [-0.1, -0.05) is 12.8 Å². The Morgan fingerprint density at radius 1 is 1.40 bits per heavy atom. The third-order valence-corrected chi connectivity index (χ3v) is 5.24. The summed E-state index contributed by atoms with van der Waals surface area (Å²) in [5, 5.41) is 3.20. The SMILES string of the molecule is Cc1ccc(CCCC(=O)NC2CCCCC2CN)s1. The molecule has 1 saturated carbocycles. The summed E-state index contributed by atoms with van der Waals surface area (Å²) in [4.78, 5) is 14.7. The molecule has 4 heteroatoms. The predicted molar refractivity (Wildman–Crippen MR) is 84.9 cm³/mol. The van der Waals surface area contributed by atoms with Gasteiger partial charge in [0.2, 0.25) is 5.91 Å². The summed E-state index contributed by atoms with van der Waals surface area (Å²) in [6.07, 6.45) is 7.31. The van der Waals surface area contributed by atoms with Crippen LogP contribution in [0.15, 0.2) is 12.1 Å². The molecule has 0 radical (unpaired) electrons. The quantitative estimate of drug-likeness (QED) is 0.847. The molecule has 0 aliphatic heterocycles. The summed E-state index contributed by atoms with van der Waals surface area (Å²) in [6.45, 7) is 2.82. The molecule has 1 heterocycles. The van der Waals surface area contributed by atoms with Crippen molar-refractivity contribution in [1.82, 2.24) is 5.32 Å². The van der Waals surface area contributed by atoms with Gasteiger partial charge >= 0.3 is 0 Å². The fourth-order valence-electron chi connectivity index (χ4n) is 3.00. The maximum absolute atomic E-state index is 12.0. The smallest absolute Gasteiger partial charge is 0.220 e. The first kappa shape index (κ1) is 15.5. The molecule has 0 aromatic carbocycles. The number of nitrogens with two attached hydrogens (primary N) is 1. The van der Waals surface area contributed by atoms with Gasteiger partial charge < -0.3 is 11.1 Å². The zero-order chi connectivity index (χ0) is 14.4. The minimum absolute atomic E-state index is 0.198. The second-order valence-electron chi connectivity index (χ2n) is 5.82. The normalized spacial score (nSPS) is 22.7. The van der Waals surface area contributed by atoms with Gasteiger partial charge in [0.15, 0.2) is 0 Å². The second kappa shape index (κ2) is 7.79. The van der Waals surface area contributed by atoms with Crippen molar-refractivity contribution >= 4 is 17.2 Å². The van der Waals surface area contributed by atoms with Crippen LogP contribution in [0.1, 0.15) is 48.3 Å². The van der Waals surface area contributed by atoms with Gasteiger partial charge in [0.25, 0.3) is 0 Å². The van der Waals surface area contributed by atoms with Crippen LogP contribution in [0.2, 0.25) is 0 Å².